The first kappa shape index (κ1) is 13.9. The van der Waals surface area contributed by atoms with E-state index in [1.54, 1.807) is 0 Å². The molecule has 0 fully saturated rings. The van der Waals surface area contributed by atoms with E-state index in [0.29, 0.717) is 13.2 Å². The maximum absolute atomic E-state index is 9.07. The van der Waals surface area contributed by atoms with Gasteiger partial charge in [0.25, 0.3) is 0 Å². The number of hydrogen-bond acceptors (Lipinski definition) is 5. The third-order valence-corrected chi connectivity index (χ3v) is 2.52. The summed E-state index contributed by atoms with van der Waals surface area (Å²) >= 11 is 0. The third kappa shape index (κ3) is 4.32. The Labute approximate surface area is 101 Å². The Kier molecular flexibility index (Phi) is 5.93. The molecule has 0 aromatic heterocycles. The van der Waals surface area contributed by atoms with Crippen LogP contribution in [0.25, 0.3) is 0 Å². The van der Waals surface area contributed by atoms with E-state index in [2.05, 4.69) is 5.32 Å². The topological polar surface area (TPSA) is 82.0 Å². The summed E-state index contributed by atoms with van der Waals surface area (Å²) in [7, 11) is 0. The van der Waals surface area contributed by atoms with Crippen LogP contribution in [0.3, 0.4) is 0 Å². The van der Waals surface area contributed by atoms with E-state index in [4.69, 9.17) is 20.1 Å². The van der Waals surface area contributed by atoms with Crippen LogP contribution in [0.2, 0.25) is 0 Å². The first-order valence-corrected chi connectivity index (χ1v) is 5.52. The fourth-order valence-corrected chi connectivity index (χ4v) is 1.32. The molecule has 17 heavy (non-hydrogen) atoms. The summed E-state index contributed by atoms with van der Waals surface area (Å²) in [5.41, 5.74) is -1.04. The summed E-state index contributed by atoms with van der Waals surface area (Å²) in [6.45, 7) is -0.162. The Balaban J connectivity index is 2.28. The Morgan fingerprint density at radius 3 is 2.12 bits per heavy atom. The van der Waals surface area contributed by atoms with Crippen LogP contribution in [-0.2, 0) is 0 Å². The highest BCUT2D eigenvalue weighted by atomic mass is 16.5. The molecule has 5 heteroatoms. The van der Waals surface area contributed by atoms with Gasteiger partial charge in [-0.15, -0.1) is 0 Å². The lowest BCUT2D eigenvalue weighted by molar-refractivity contribution is 0.0405. The van der Waals surface area contributed by atoms with Crippen molar-refractivity contribution in [3.8, 4) is 5.75 Å². The van der Waals surface area contributed by atoms with E-state index in [1.807, 2.05) is 30.3 Å². The van der Waals surface area contributed by atoms with Crippen LogP contribution in [0.4, 0.5) is 0 Å². The smallest absolute Gasteiger partial charge is 0.119 e. The van der Waals surface area contributed by atoms with Gasteiger partial charge in [0, 0.05) is 6.54 Å². The second-order valence-corrected chi connectivity index (χ2v) is 3.84. The first-order valence-electron chi connectivity index (χ1n) is 5.52. The van der Waals surface area contributed by atoms with E-state index in [-0.39, 0.29) is 19.8 Å². The summed E-state index contributed by atoms with van der Waals surface area (Å²) in [5.74, 6) is 0.761. The molecule has 1 aromatic carbocycles. The largest absolute Gasteiger partial charge is 0.492 e. The molecule has 0 aliphatic rings. The van der Waals surface area contributed by atoms with Crippen LogP contribution in [0.15, 0.2) is 30.3 Å². The first-order chi connectivity index (χ1) is 8.26. The maximum atomic E-state index is 9.07. The van der Waals surface area contributed by atoms with Gasteiger partial charge in [-0.05, 0) is 12.1 Å². The fourth-order valence-electron chi connectivity index (χ4n) is 1.32. The van der Waals surface area contributed by atoms with Gasteiger partial charge < -0.3 is 25.4 Å². The minimum absolute atomic E-state index is 0.328. The average Bonchev–Trinajstić information content (AvgIpc) is 2.41. The van der Waals surface area contributed by atoms with E-state index in [9.17, 15) is 0 Å². The minimum Gasteiger partial charge on any atom is -0.492 e. The maximum Gasteiger partial charge on any atom is 0.119 e. The Hall–Kier alpha value is -1.14. The van der Waals surface area contributed by atoms with Crippen LogP contribution in [0.5, 0.6) is 5.75 Å². The zero-order chi connectivity index (χ0) is 12.6. The molecule has 4 N–H and O–H groups in total. The average molecular weight is 241 g/mol. The van der Waals surface area contributed by atoms with Crippen molar-refractivity contribution in [1.29, 1.82) is 0 Å². The van der Waals surface area contributed by atoms with Crippen LogP contribution < -0.4 is 10.1 Å². The molecule has 0 spiro atoms. The highest BCUT2D eigenvalue weighted by Crippen LogP contribution is 2.07. The summed E-state index contributed by atoms with van der Waals surface area (Å²) in [6, 6.07) is 9.35. The van der Waals surface area contributed by atoms with Gasteiger partial charge in [-0.1, -0.05) is 18.2 Å². The fraction of sp³-hybridized carbons (Fsp3) is 0.500. The van der Waals surface area contributed by atoms with Gasteiger partial charge in [0.1, 0.15) is 12.4 Å². The summed E-state index contributed by atoms with van der Waals surface area (Å²) in [4.78, 5) is 0. The molecular weight excluding hydrogens is 222 g/mol. The van der Waals surface area contributed by atoms with Crippen molar-refractivity contribution in [2.75, 3.05) is 33.0 Å². The van der Waals surface area contributed by atoms with Crippen molar-refractivity contribution in [3.05, 3.63) is 30.3 Å². The number of rotatable bonds is 8. The highest BCUT2D eigenvalue weighted by Gasteiger charge is 2.26. The molecule has 0 bridgehead atoms. The van der Waals surface area contributed by atoms with Crippen LogP contribution >= 0.6 is 0 Å². The van der Waals surface area contributed by atoms with E-state index >= 15 is 0 Å². The number of benzene rings is 1. The number of aliphatic hydroxyl groups excluding tert-OH is 3. The molecule has 0 aliphatic heterocycles. The second-order valence-electron chi connectivity index (χ2n) is 3.84. The SMILES string of the molecule is OCC(CO)(CO)NCCOc1ccccc1. The lowest BCUT2D eigenvalue weighted by Gasteiger charge is -2.28. The Bertz CT molecular complexity index is 292. The van der Waals surface area contributed by atoms with Crippen LogP contribution in [0, 0.1) is 0 Å². The van der Waals surface area contributed by atoms with E-state index < -0.39 is 5.54 Å². The summed E-state index contributed by atoms with van der Waals surface area (Å²) in [6.07, 6.45) is 0. The number of nitrogens with one attached hydrogen (secondary N) is 1. The molecule has 1 rings (SSSR count). The molecule has 96 valence electrons. The highest BCUT2D eigenvalue weighted by molar-refractivity contribution is 5.20. The van der Waals surface area contributed by atoms with Gasteiger partial charge in [0.2, 0.25) is 0 Å². The quantitative estimate of drug-likeness (QED) is 0.456. The third-order valence-electron chi connectivity index (χ3n) is 2.52. The van der Waals surface area contributed by atoms with Crippen molar-refractivity contribution in [1.82, 2.24) is 5.32 Å². The van der Waals surface area contributed by atoms with E-state index in [1.165, 1.54) is 0 Å². The number of ether oxygens (including phenoxy) is 1. The summed E-state index contributed by atoms with van der Waals surface area (Å²) in [5, 5.41) is 30.1. The van der Waals surface area contributed by atoms with Gasteiger partial charge in [-0.25, -0.2) is 0 Å². The number of para-hydroxylation sites is 1. The molecule has 5 nitrogen and oxygen atoms in total. The van der Waals surface area contributed by atoms with Gasteiger partial charge in [-0.3, -0.25) is 0 Å². The zero-order valence-electron chi connectivity index (χ0n) is 9.67. The standard InChI is InChI=1S/C12H19NO4/c14-8-12(9-15,10-16)13-6-7-17-11-4-2-1-3-5-11/h1-5,13-16H,6-10H2. The van der Waals surface area contributed by atoms with Gasteiger partial charge in [-0.2, -0.15) is 0 Å². The van der Waals surface area contributed by atoms with Gasteiger partial charge in [0.15, 0.2) is 0 Å². The molecule has 0 heterocycles. The number of aliphatic hydroxyl groups is 3. The molecule has 0 aliphatic carbocycles. The summed E-state index contributed by atoms with van der Waals surface area (Å²) < 4.78 is 5.43. The van der Waals surface area contributed by atoms with Crippen LogP contribution in [-0.4, -0.2) is 53.8 Å². The zero-order valence-corrected chi connectivity index (χ0v) is 9.67. The van der Waals surface area contributed by atoms with Crippen LogP contribution in [0.1, 0.15) is 0 Å². The van der Waals surface area contributed by atoms with Crippen molar-refractivity contribution in [2.24, 2.45) is 0 Å². The van der Waals surface area contributed by atoms with Gasteiger partial charge >= 0.3 is 0 Å². The molecule has 0 radical (unpaired) electrons. The molecule has 0 atom stereocenters. The molecular formula is C12H19NO4. The minimum atomic E-state index is -1.04. The molecule has 1 aromatic rings. The lowest BCUT2D eigenvalue weighted by atomic mass is 10.0. The van der Waals surface area contributed by atoms with Crippen molar-refractivity contribution in [2.45, 2.75) is 5.54 Å². The second kappa shape index (κ2) is 7.24. The molecule has 0 amide bonds. The van der Waals surface area contributed by atoms with Crippen molar-refractivity contribution < 1.29 is 20.1 Å². The lowest BCUT2D eigenvalue weighted by Crippen LogP contribution is -2.55. The normalized spacial score (nSPS) is 11.5. The van der Waals surface area contributed by atoms with Gasteiger partial charge in [0.05, 0.1) is 25.4 Å². The van der Waals surface area contributed by atoms with Crippen molar-refractivity contribution >= 4 is 0 Å². The Morgan fingerprint density at radius 2 is 1.59 bits per heavy atom. The number of hydrogen-bond donors (Lipinski definition) is 4. The molecule has 0 unspecified atom stereocenters. The molecule has 0 saturated heterocycles. The van der Waals surface area contributed by atoms with E-state index in [0.717, 1.165) is 5.75 Å². The molecule has 0 saturated carbocycles. The monoisotopic (exact) mass is 241 g/mol. The predicted molar refractivity (Wildman–Crippen MR) is 63.9 cm³/mol. The predicted octanol–water partition coefficient (Wildman–Crippen LogP) is -0.629. The van der Waals surface area contributed by atoms with Crippen molar-refractivity contribution in [3.63, 3.8) is 0 Å². The Morgan fingerprint density at radius 1 is 1.00 bits per heavy atom.